The van der Waals surface area contributed by atoms with Crippen LogP contribution < -0.4 is 5.73 Å². The number of nitrogen functional groups attached to an aromatic ring is 1. The molecule has 2 aliphatic rings. The second-order valence-corrected chi connectivity index (χ2v) is 6.58. The number of amides is 1. The maximum Gasteiger partial charge on any atom is 0.255 e. The maximum absolute atomic E-state index is 13.1. The number of carbonyl (C=O) groups is 1. The monoisotopic (exact) mass is 290 g/mol. The Hall–Kier alpha value is -1.58. The number of anilines is 1. The predicted octanol–water partition coefficient (Wildman–Crippen LogP) is 3.59. The average molecular weight is 290 g/mol. The molecule has 0 aromatic heterocycles. The summed E-state index contributed by atoms with van der Waals surface area (Å²) in [6, 6.07) is 4.02. The quantitative estimate of drug-likeness (QED) is 0.803. The molecule has 3 nitrogen and oxygen atoms in total. The highest BCUT2D eigenvalue weighted by Crippen LogP contribution is 2.44. The van der Waals surface area contributed by atoms with Crippen LogP contribution in [0.15, 0.2) is 18.2 Å². The molecule has 1 spiro atoms. The highest BCUT2D eigenvalue weighted by Gasteiger charge is 2.36. The minimum atomic E-state index is -0.399. The number of rotatable bonds is 1. The van der Waals surface area contributed by atoms with Gasteiger partial charge < -0.3 is 10.6 Å². The van der Waals surface area contributed by atoms with Gasteiger partial charge in [0.25, 0.3) is 5.91 Å². The summed E-state index contributed by atoms with van der Waals surface area (Å²) >= 11 is 0. The lowest BCUT2D eigenvalue weighted by atomic mass is 9.68. The van der Waals surface area contributed by atoms with Gasteiger partial charge in [-0.1, -0.05) is 19.3 Å². The molecule has 1 aliphatic carbocycles. The van der Waals surface area contributed by atoms with Crippen LogP contribution in [0.4, 0.5) is 10.1 Å². The summed E-state index contributed by atoms with van der Waals surface area (Å²) in [4.78, 5) is 14.4. The first-order valence-electron chi connectivity index (χ1n) is 7.94. The van der Waals surface area contributed by atoms with Gasteiger partial charge in [0, 0.05) is 18.8 Å². The smallest absolute Gasteiger partial charge is 0.255 e. The van der Waals surface area contributed by atoms with E-state index >= 15 is 0 Å². The van der Waals surface area contributed by atoms with Crippen molar-refractivity contribution in [3.8, 4) is 0 Å². The van der Waals surface area contributed by atoms with Gasteiger partial charge in [-0.25, -0.2) is 4.39 Å². The third kappa shape index (κ3) is 2.89. The molecule has 4 heteroatoms. The Labute approximate surface area is 125 Å². The number of halogens is 1. The summed E-state index contributed by atoms with van der Waals surface area (Å²) in [6.45, 7) is 1.60. The molecule has 0 unspecified atom stereocenters. The largest absolute Gasteiger partial charge is 0.398 e. The molecule has 1 heterocycles. The number of likely N-dealkylation sites (tertiary alicyclic amines) is 1. The van der Waals surface area contributed by atoms with Crippen LogP contribution >= 0.6 is 0 Å². The van der Waals surface area contributed by atoms with Crippen LogP contribution in [0.5, 0.6) is 0 Å². The van der Waals surface area contributed by atoms with Gasteiger partial charge in [0.05, 0.1) is 5.56 Å². The van der Waals surface area contributed by atoms with Crippen LogP contribution in [-0.2, 0) is 0 Å². The first-order valence-corrected chi connectivity index (χ1v) is 7.94. The summed E-state index contributed by atoms with van der Waals surface area (Å²) in [5, 5.41) is 0. The molecule has 0 atom stereocenters. The van der Waals surface area contributed by atoms with E-state index in [0.717, 1.165) is 25.9 Å². The van der Waals surface area contributed by atoms with Gasteiger partial charge >= 0.3 is 0 Å². The summed E-state index contributed by atoms with van der Waals surface area (Å²) in [7, 11) is 0. The Kier molecular flexibility index (Phi) is 3.87. The molecule has 1 saturated carbocycles. The van der Waals surface area contributed by atoms with E-state index in [1.54, 1.807) is 0 Å². The van der Waals surface area contributed by atoms with Gasteiger partial charge in [-0.3, -0.25) is 4.79 Å². The van der Waals surface area contributed by atoms with Gasteiger partial charge in [0.1, 0.15) is 5.82 Å². The van der Waals surface area contributed by atoms with Crippen molar-refractivity contribution in [1.82, 2.24) is 4.90 Å². The summed E-state index contributed by atoms with van der Waals surface area (Å²) < 4.78 is 13.1. The van der Waals surface area contributed by atoms with Gasteiger partial charge in [0.2, 0.25) is 0 Å². The maximum atomic E-state index is 13.1. The zero-order chi connectivity index (χ0) is 14.9. The number of piperidine rings is 1. The van der Waals surface area contributed by atoms with E-state index in [4.69, 9.17) is 5.73 Å². The van der Waals surface area contributed by atoms with Crippen molar-refractivity contribution in [2.75, 3.05) is 18.8 Å². The van der Waals surface area contributed by atoms with Crippen LogP contribution in [-0.4, -0.2) is 23.9 Å². The lowest BCUT2D eigenvalue weighted by Gasteiger charge is -2.44. The molecule has 1 aromatic rings. The molecule has 2 fully saturated rings. The van der Waals surface area contributed by atoms with Gasteiger partial charge in [-0.05, 0) is 49.3 Å². The SMILES string of the molecule is Nc1cc(F)ccc1C(=O)N1CCC2(CCCCC2)CC1. The number of carbonyl (C=O) groups excluding carboxylic acids is 1. The molecule has 1 saturated heterocycles. The molecule has 2 N–H and O–H groups in total. The third-order valence-corrected chi connectivity index (χ3v) is 5.27. The van der Waals surface area contributed by atoms with Crippen LogP contribution in [0.2, 0.25) is 0 Å². The van der Waals surface area contributed by atoms with E-state index < -0.39 is 5.82 Å². The molecule has 21 heavy (non-hydrogen) atoms. The summed E-state index contributed by atoms with van der Waals surface area (Å²) in [5.74, 6) is -0.456. The lowest BCUT2D eigenvalue weighted by Crippen LogP contribution is -2.44. The van der Waals surface area contributed by atoms with E-state index in [2.05, 4.69) is 0 Å². The Morgan fingerprint density at radius 2 is 1.76 bits per heavy atom. The number of benzene rings is 1. The van der Waals surface area contributed by atoms with E-state index in [1.807, 2.05) is 4.90 Å². The average Bonchev–Trinajstić information content (AvgIpc) is 2.48. The minimum absolute atomic E-state index is 0.0573. The van der Waals surface area contributed by atoms with Crippen molar-refractivity contribution in [3.05, 3.63) is 29.6 Å². The second kappa shape index (κ2) is 5.66. The molecular weight excluding hydrogens is 267 g/mol. The fourth-order valence-electron chi connectivity index (χ4n) is 3.88. The molecule has 1 aromatic carbocycles. The standard InChI is InChI=1S/C17H23FN2O/c18-13-4-5-14(15(19)12-13)16(21)20-10-8-17(9-11-20)6-2-1-3-7-17/h4-5,12H,1-3,6-11,19H2. The lowest BCUT2D eigenvalue weighted by molar-refractivity contribution is 0.0473. The van der Waals surface area contributed by atoms with E-state index in [1.165, 1.54) is 50.3 Å². The molecular formula is C17H23FN2O. The summed E-state index contributed by atoms with van der Waals surface area (Å²) in [6.07, 6.45) is 8.84. The molecule has 3 rings (SSSR count). The number of hydrogen-bond donors (Lipinski definition) is 1. The van der Waals surface area contributed by atoms with Crippen molar-refractivity contribution >= 4 is 11.6 Å². The van der Waals surface area contributed by atoms with Gasteiger partial charge in [0.15, 0.2) is 0 Å². The van der Waals surface area contributed by atoms with Gasteiger partial charge in [-0.2, -0.15) is 0 Å². The highest BCUT2D eigenvalue weighted by molar-refractivity contribution is 5.99. The van der Waals surface area contributed by atoms with E-state index in [0.29, 0.717) is 11.0 Å². The number of nitrogens with two attached hydrogens (primary N) is 1. The van der Waals surface area contributed by atoms with Crippen LogP contribution in [0, 0.1) is 11.2 Å². The topological polar surface area (TPSA) is 46.3 Å². The predicted molar refractivity (Wildman–Crippen MR) is 81.5 cm³/mol. The Balaban J connectivity index is 1.67. The fourth-order valence-corrected chi connectivity index (χ4v) is 3.88. The second-order valence-electron chi connectivity index (χ2n) is 6.58. The summed E-state index contributed by atoms with van der Waals surface area (Å²) in [5.41, 5.74) is 6.91. The Bertz CT molecular complexity index is 528. The first kappa shape index (κ1) is 14.4. The molecule has 1 aliphatic heterocycles. The third-order valence-electron chi connectivity index (χ3n) is 5.27. The number of hydrogen-bond acceptors (Lipinski definition) is 2. The van der Waals surface area contributed by atoms with Crippen LogP contribution in [0.1, 0.15) is 55.3 Å². The van der Waals surface area contributed by atoms with Crippen molar-refractivity contribution < 1.29 is 9.18 Å². The van der Waals surface area contributed by atoms with Crippen LogP contribution in [0.3, 0.4) is 0 Å². The van der Waals surface area contributed by atoms with Crippen molar-refractivity contribution in [1.29, 1.82) is 0 Å². The number of nitrogens with zero attached hydrogens (tertiary/aromatic N) is 1. The van der Waals surface area contributed by atoms with Crippen molar-refractivity contribution in [3.63, 3.8) is 0 Å². The minimum Gasteiger partial charge on any atom is -0.398 e. The molecule has 114 valence electrons. The van der Waals surface area contributed by atoms with E-state index in [9.17, 15) is 9.18 Å². The Morgan fingerprint density at radius 1 is 1.10 bits per heavy atom. The highest BCUT2D eigenvalue weighted by atomic mass is 19.1. The zero-order valence-corrected chi connectivity index (χ0v) is 12.4. The molecule has 1 amide bonds. The molecule has 0 bridgehead atoms. The first-order chi connectivity index (χ1) is 10.1. The van der Waals surface area contributed by atoms with Crippen molar-refractivity contribution in [2.24, 2.45) is 5.41 Å². The normalized spacial score (nSPS) is 21.5. The van der Waals surface area contributed by atoms with E-state index in [-0.39, 0.29) is 11.6 Å². The molecule has 0 radical (unpaired) electrons. The fraction of sp³-hybridized carbons (Fsp3) is 0.588. The zero-order valence-electron chi connectivity index (χ0n) is 12.4. The van der Waals surface area contributed by atoms with Crippen molar-refractivity contribution in [2.45, 2.75) is 44.9 Å². The van der Waals surface area contributed by atoms with Crippen LogP contribution in [0.25, 0.3) is 0 Å². The van der Waals surface area contributed by atoms with Gasteiger partial charge in [-0.15, -0.1) is 0 Å². The Morgan fingerprint density at radius 3 is 2.38 bits per heavy atom.